The van der Waals surface area contributed by atoms with Crippen molar-refractivity contribution in [2.24, 2.45) is 5.92 Å². The molecule has 2 aliphatic rings. The Balaban J connectivity index is 1.48. The van der Waals surface area contributed by atoms with Gasteiger partial charge >= 0.3 is 0 Å². The maximum atomic E-state index is 12.3. The van der Waals surface area contributed by atoms with Crippen molar-refractivity contribution in [3.05, 3.63) is 16.6 Å². The Morgan fingerprint density at radius 1 is 1.26 bits per heavy atom. The minimum Gasteiger partial charge on any atom is -0.343 e. The van der Waals surface area contributed by atoms with Crippen LogP contribution in [0.2, 0.25) is 0 Å². The fraction of sp³-hybridized carbons (Fsp3) is 0.733. The molecule has 1 aliphatic carbocycles. The number of likely N-dealkylation sites (tertiary alicyclic amines) is 1. The summed E-state index contributed by atoms with van der Waals surface area (Å²) in [7, 11) is 0. The van der Waals surface area contributed by atoms with E-state index in [2.05, 4.69) is 9.88 Å². The molecule has 0 bridgehead atoms. The van der Waals surface area contributed by atoms with E-state index in [4.69, 9.17) is 0 Å². The van der Waals surface area contributed by atoms with Crippen molar-refractivity contribution >= 4 is 17.2 Å². The zero-order valence-electron chi connectivity index (χ0n) is 11.4. The van der Waals surface area contributed by atoms with Crippen LogP contribution in [-0.4, -0.2) is 28.9 Å². The number of hydrogen-bond donors (Lipinski definition) is 0. The van der Waals surface area contributed by atoms with Crippen molar-refractivity contribution in [3.63, 3.8) is 0 Å². The van der Waals surface area contributed by atoms with Gasteiger partial charge in [-0.05, 0) is 31.6 Å². The molecule has 19 heavy (non-hydrogen) atoms. The van der Waals surface area contributed by atoms with Gasteiger partial charge in [-0.1, -0.05) is 12.8 Å². The van der Waals surface area contributed by atoms with Crippen molar-refractivity contribution in [2.75, 3.05) is 13.1 Å². The molecular weight excluding hydrogens is 256 g/mol. The molecule has 0 unspecified atom stereocenters. The van der Waals surface area contributed by atoms with Crippen LogP contribution in [0.4, 0.5) is 0 Å². The average Bonchev–Trinajstić information content (AvgIpc) is 3.12. The van der Waals surface area contributed by atoms with Crippen LogP contribution in [0.1, 0.15) is 55.9 Å². The van der Waals surface area contributed by atoms with Crippen LogP contribution in [0, 0.1) is 5.92 Å². The first-order chi connectivity index (χ1) is 9.33. The molecule has 0 atom stereocenters. The number of thiazole rings is 1. The van der Waals surface area contributed by atoms with Gasteiger partial charge in [0.1, 0.15) is 0 Å². The van der Waals surface area contributed by atoms with Gasteiger partial charge in [-0.3, -0.25) is 4.79 Å². The molecule has 3 nitrogen and oxygen atoms in total. The third kappa shape index (κ3) is 3.16. The summed E-state index contributed by atoms with van der Waals surface area (Å²) in [6, 6.07) is 0. The molecule has 1 aromatic rings. The predicted molar refractivity (Wildman–Crippen MR) is 77.2 cm³/mol. The Morgan fingerprint density at radius 3 is 2.63 bits per heavy atom. The largest absolute Gasteiger partial charge is 0.343 e. The molecule has 0 radical (unpaired) electrons. The first-order valence-electron chi connectivity index (χ1n) is 7.50. The summed E-state index contributed by atoms with van der Waals surface area (Å²) in [5, 5.41) is 3.30. The van der Waals surface area contributed by atoms with Gasteiger partial charge in [-0.2, -0.15) is 0 Å². The highest BCUT2D eigenvalue weighted by Gasteiger charge is 2.27. The zero-order valence-corrected chi connectivity index (χ0v) is 12.2. The normalized spacial score (nSPS) is 22.0. The van der Waals surface area contributed by atoms with Gasteiger partial charge in [0.25, 0.3) is 0 Å². The van der Waals surface area contributed by atoms with Gasteiger partial charge < -0.3 is 4.90 Å². The fourth-order valence-corrected chi connectivity index (χ4v) is 4.21. The first kappa shape index (κ1) is 13.1. The molecule has 4 heteroatoms. The van der Waals surface area contributed by atoms with Crippen LogP contribution in [0.3, 0.4) is 0 Å². The quantitative estimate of drug-likeness (QED) is 0.848. The van der Waals surface area contributed by atoms with E-state index >= 15 is 0 Å². The SMILES string of the molecule is O=C(CC1CCCC1)N1CCC(c2nccs2)CC1. The smallest absolute Gasteiger partial charge is 0.222 e. The van der Waals surface area contributed by atoms with Gasteiger partial charge in [0.2, 0.25) is 5.91 Å². The van der Waals surface area contributed by atoms with Gasteiger partial charge in [0.05, 0.1) is 5.01 Å². The van der Waals surface area contributed by atoms with E-state index in [-0.39, 0.29) is 0 Å². The first-order valence-corrected chi connectivity index (χ1v) is 8.38. The van der Waals surface area contributed by atoms with Gasteiger partial charge in [0.15, 0.2) is 0 Å². The summed E-state index contributed by atoms with van der Waals surface area (Å²) in [6.07, 6.45) is 10.0. The minimum absolute atomic E-state index is 0.393. The van der Waals surface area contributed by atoms with Crippen LogP contribution < -0.4 is 0 Å². The van der Waals surface area contributed by atoms with Crippen molar-refractivity contribution in [2.45, 2.75) is 50.9 Å². The second-order valence-corrected chi connectivity index (χ2v) is 6.81. The summed E-state index contributed by atoms with van der Waals surface area (Å²) in [5.41, 5.74) is 0. The van der Waals surface area contributed by atoms with Crippen LogP contribution in [0.25, 0.3) is 0 Å². The summed E-state index contributed by atoms with van der Waals surface area (Å²) >= 11 is 1.75. The van der Waals surface area contributed by atoms with E-state index in [1.165, 1.54) is 30.7 Å². The van der Waals surface area contributed by atoms with Gasteiger partial charge in [-0.15, -0.1) is 11.3 Å². The molecule has 1 saturated carbocycles. The average molecular weight is 278 g/mol. The molecular formula is C15H22N2OS. The Labute approximate surface area is 119 Å². The number of nitrogens with zero attached hydrogens (tertiary/aromatic N) is 2. The lowest BCUT2D eigenvalue weighted by atomic mass is 9.96. The number of rotatable bonds is 3. The number of carbonyl (C=O) groups excluding carboxylic acids is 1. The van der Waals surface area contributed by atoms with Crippen LogP contribution in [-0.2, 0) is 4.79 Å². The molecule has 2 heterocycles. The Kier molecular flexibility index (Phi) is 4.16. The van der Waals surface area contributed by atoms with Crippen LogP contribution in [0.5, 0.6) is 0 Å². The summed E-state index contributed by atoms with van der Waals surface area (Å²) in [5.74, 6) is 1.64. The highest BCUT2D eigenvalue weighted by atomic mass is 32.1. The van der Waals surface area contributed by atoms with Gasteiger partial charge in [0, 0.05) is 37.0 Å². The minimum atomic E-state index is 0.393. The second kappa shape index (κ2) is 6.04. The highest BCUT2D eigenvalue weighted by Crippen LogP contribution is 2.31. The third-order valence-electron chi connectivity index (χ3n) is 4.59. The number of aromatic nitrogens is 1. The van der Waals surface area contributed by atoms with Crippen molar-refractivity contribution < 1.29 is 4.79 Å². The summed E-state index contributed by atoms with van der Waals surface area (Å²) in [4.78, 5) is 18.8. The van der Waals surface area contributed by atoms with Crippen molar-refractivity contribution in [3.8, 4) is 0 Å². The maximum Gasteiger partial charge on any atom is 0.222 e. The van der Waals surface area contributed by atoms with E-state index in [0.29, 0.717) is 17.7 Å². The molecule has 3 rings (SSSR count). The van der Waals surface area contributed by atoms with Gasteiger partial charge in [-0.25, -0.2) is 4.98 Å². The van der Waals surface area contributed by atoms with E-state index < -0.39 is 0 Å². The van der Waals surface area contributed by atoms with Crippen LogP contribution >= 0.6 is 11.3 Å². The van der Waals surface area contributed by atoms with Crippen molar-refractivity contribution in [1.82, 2.24) is 9.88 Å². The van der Waals surface area contributed by atoms with E-state index in [1.807, 2.05) is 11.6 Å². The molecule has 0 aromatic carbocycles. The van der Waals surface area contributed by atoms with E-state index in [0.717, 1.165) is 32.4 Å². The second-order valence-electron chi connectivity index (χ2n) is 5.88. The lowest BCUT2D eigenvalue weighted by Crippen LogP contribution is -2.38. The molecule has 0 spiro atoms. The zero-order chi connectivity index (χ0) is 13.1. The number of carbonyl (C=O) groups is 1. The molecule has 1 amide bonds. The molecule has 0 N–H and O–H groups in total. The maximum absolute atomic E-state index is 12.3. The molecule has 1 saturated heterocycles. The number of piperidine rings is 1. The van der Waals surface area contributed by atoms with E-state index in [9.17, 15) is 4.79 Å². The van der Waals surface area contributed by atoms with Crippen LogP contribution in [0.15, 0.2) is 11.6 Å². The molecule has 1 aromatic heterocycles. The highest BCUT2D eigenvalue weighted by molar-refractivity contribution is 7.09. The number of amides is 1. The predicted octanol–water partition coefficient (Wildman–Crippen LogP) is 3.43. The topological polar surface area (TPSA) is 33.2 Å². The lowest BCUT2D eigenvalue weighted by Gasteiger charge is -2.31. The number of hydrogen-bond acceptors (Lipinski definition) is 3. The monoisotopic (exact) mass is 278 g/mol. The standard InChI is InChI=1S/C15H22N2OS/c18-14(11-12-3-1-2-4-12)17-8-5-13(6-9-17)15-16-7-10-19-15/h7,10,12-13H,1-6,8-9,11H2. The fourth-order valence-electron chi connectivity index (χ4n) is 3.40. The molecule has 104 valence electrons. The van der Waals surface area contributed by atoms with Crippen molar-refractivity contribution in [1.29, 1.82) is 0 Å². The summed E-state index contributed by atoms with van der Waals surface area (Å²) < 4.78 is 0. The van der Waals surface area contributed by atoms with E-state index in [1.54, 1.807) is 11.3 Å². The lowest BCUT2D eigenvalue weighted by molar-refractivity contribution is -0.133. The third-order valence-corrected chi connectivity index (χ3v) is 5.52. The summed E-state index contributed by atoms with van der Waals surface area (Å²) in [6.45, 7) is 1.85. The molecule has 1 aliphatic heterocycles. The molecule has 2 fully saturated rings. The Morgan fingerprint density at radius 2 is 2.00 bits per heavy atom. The Bertz CT molecular complexity index is 404. The Hall–Kier alpha value is -0.900.